The van der Waals surface area contributed by atoms with Crippen molar-refractivity contribution in [3.05, 3.63) is 29.5 Å². The summed E-state index contributed by atoms with van der Waals surface area (Å²) in [6.07, 6.45) is 5.13. The van der Waals surface area contributed by atoms with Crippen LogP contribution in [0, 0.1) is 0 Å². The number of rotatable bonds is 4. The van der Waals surface area contributed by atoms with E-state index in [-0.39, 0.29) is 18.4 Å². The Bertz CT molecular complexity index is 594. The Kier molecular flexibility index (Phi) is 4.36. The predicted molar refractivity (Wildman–Crippen MR) is 79.9 cm³/mol. The van der Waals surface area contributed by atoms with Crippen LogP contribution in [-0.4, -0.2) is 28.1 Å². The zero-order valence-corrected chi connectivity index (χ0v) is 12.4. The van der Waals surface area contributed by atoms with Crippen molar-refractivity contribution in [2.75, 3.05) is 0 Å². The molecule has 1 amide bonds. The van der Waals surface area contributed by atoms with Gasteiger partial charge >= 0.3 is 0 Å². The zero-order valence-electron chi connectivity index (χ0n) is 11.6. The van der Waals surface area contributed by atoms with Gasteiger partial charge in [0.25, 0.3) is 0 Å². The number of amides is 1. The first-order valence-corrected chi connectivity index (χ1v) is 8.06. The molecule has 1 fully saturated rings. The Morgan fingerprint density at radius 3 is 3.10 bits per heavy atom. The van der Waals surface area contributed by atoms with Gasteiger partial charge in [0.2, 0.25) is 5.91 Å². The maximum Gasteiger partial charge on any atom is 0.226 e. The molecule has 0 unspecified atom stereocenters. The number of carbonyl (C=O) groups is 1. The Morgan fingerprint density at radius 2 is 2.33 bits per heavy atom. The smallest absolute Gasteiger partial charge is 0.226 e. The van der Waals surface area contributed by atoms with Crippen molar-refractivity contribution in [2.24, 2.45) is 0 Å². The van der Waals surface area contributed by atoms with Gasteiger partial charge < -0.3 is 14.8 Å². The highest BCUT2D eigenvalue weighted by Crippen LogP contribution is 2.24. The molecule has 3 rings (SSSR count). The van der Waals surface area contributed by atoms with Crippen LogP contribution in [0.3, 0.4) is 0 Å². The summed E-state index contributed by atoms with van der Waals surface area (Å²) in [5.74, 6) is 0.631. The van der Waals surface area contributed by atoms with Crippen molar-refractivity contribution in [3.8, 4) is 10.8 Å². The van der Waals surface area contributed by atoms with E-state index in [0.29, 0.717) is 0 Å². The van der Waals surface area contributed by atoms with Gasteiger partial charge in [-0.15, -0.1) is 11.3 Å². The molecule has 5 nitrogen and oxygen atoms in total. The predicted octanol–water partition coefficient (Wildman–Crippen LogP) is 2.37. The number of hydrogen-bond donors (Lipinski definition) is 2. The van der Waals surface area contributed by atoms with E-state index >= 15 is 0 Å². The van der Waals surface area contributed by atoms with E-state index in [0.717, 1.165) is 42.1 Å². The van der Waals surface area contributed by atoms with Crippen molar-refractivity contribution >= 4 is 17.2 Å². The van der Waals surface area contributed by atoms with Gasteiger partial charge in [0, 0.05) is 5.38 Å². The highest BCUT2D eigenvalue weighted by Gasteiger charge is 2.24. The summed E-state index contributed by atoms with van der Waals surface area (Å²) < 4.78 is 5.29. The standard InChI is InChI=1S/C15H18N2O3S/c18-12-5-2-1-4-11(12)17-14(19)8-10-9-21-15(16-10)13-6-3-7-20-13/h3,6-7,9,11-12,18H,1-2,4-5,8H2,(H,17,19)/t11-,12-/m1/s1. The van der Waals surface area contributed by atoms with Crippen LogP contribution < -0.4 is 5.32 Å². The van der Waals surface area contributed by atoms with Gasteiger partial charge in [-0.25, -0.2) is 4.98 Å². The Balaban J connectivity index is 1.57. The molecule has 1 aliphatic rings. The van der Waals surface area contributed by atoms with Gasteiger partial charge in [0.1, 0.15) is 0 Å². The van der Waals surface area contributed by atoms with Crippen LogP contribution in [0.25, 0.3) is 10.8 Å². The molecule has 2 atom stereocenters. The average molecular weight is 306 g/mol. The molecule has 21 heavy (non-hydrogen) atoms. The fraction of sp³-hybridized carbons (Fsp3) is 0.467. The van der Waals surface area contributed by atoms with Crippen molar-refractivity contribution in [1.29, 1.82) is 0 Å². The molecule has 0 aromatic carbocycles. The highest BCUT2D eigenvalue weighted by atomic mass is 32.1. The quantitative estimate of drug-likeness (QED) is 0.909. The molecule has 112 valence electrons. The molecule has 2 aromatic rings. The van der Waals surface area contributed by atoms with Gasteiger partial charge in [0.05, 0.1) is 30.5 Å². The lowest BCUT2D eigenvalue weighted by atomic mass is 9.92. The Labute approximate surface area is 127 Å². The molecule has 0 aliphatic heterocycles. The molecule has 6 heteroatoms. The Hall–Kier alpha value is -1.66. The van der Waals surface area contributed by atoms with Crippen molar-refractivity contribution in [1.82, 2.24) is 10.3 Å². The van der Waals surface area contributed by atoms with E-state index in [9.17, 15) is 9.90 Å². The summed E-state index contributed by atoms with van der Waals surface area (Å²) in [5, 5.41) is 15.4. The zero-order chi connectivity index (χ0) is 14.7. The van der Waals surface area contributed by atoms with Crippen molar-refractivity contribution in [3.63, 3.8) is 0 Å². The third kappa shape index (κ3) is 3.51. The second-order valence-electron chi connectivity index (χ2n) is 5.32. The lowest BCUT2D eigenvalue weighted by molar-refractivity contribution is -0.122. The minimum absolute atomic E-state index is 0.0859. The molecular weight excluding hydrogens is 288 g/mol. The second kappa shape index (κ2) is 6.41. The molecule has 0 saturated heterocycles. The summed E-state index contributed by atoms with van der Waals surface area (Å²) in [6, 6.07) is 3.55. The minimum Gasteiger partial charge on any atom is -0.462 e. The number of thiazole rings is 1. The van der Waals surface area contributed by atoms with Gasteiger partial charge in [0.15, 0.2) is 10.8 Å². The van der Waals surface area contributed by atoms with Crippen LogP contribution >= 0.6 is 11.3 Å². The minimum atomic E-state index is -0.420. The molecule has 1 aliphatic carbocycles. The van der Waals surface area contributed by atoms with Crippen LogP contribution in [0.1, 0.15) is 31.4 Å². The van der Waals surface area contributed by atoms with Gasteiger partial charge in [-0.3, -0.25) is 4.79 Å². The maximum absolute atomic E-state index is 12.0. The third-order valence-corrected chi connectivity index (χ3v) is 4.61. The second-order valence-corrected chi connectivity index (χ2v) is 6.18. The molecule has 0 radical (unpaired) electrons. The van der Waals surface area contributed by atoms with E-state index in [1.807, 2.05) is 17.5 Å². The van der Waals surface area contributed by atoms with Crippen LogP contribution in [0.15, 0.2) is 28.2 Å². The number of aliphatic hydroxyl groups excluding tert-OH is 1. The van der Waals surface area contributed by atoms with Crippen LogP contribution in [0.2, 0.25) is 0 Å². The largest absolute Gasteiger partial charge is 0.462 e. The number of aliphatic hydroxyl groups is 1. The summed E-state index contributed by atoms with van der Waals surface area (Å²) in [5.41, 5.74) is 0.731. The summed E-state index contributed by atoms with van der Waals surface area (Å²) in [7, 11) is 0. The number of aromatic nitrogens is 1. The molecule has 2 heterocycles. The van der Waals surface area contributed by atoms with Gasteiger partial charge in [-0.05, 0) is 25.0 Å². The number of carbonyl (C=O) groups excluding carboxylic acids is 1. The first kappa shape index (κ1) is 14.3. The average Bonchev–Trinajstić information content (AvgIpc) is 3.12. The number of nitrogens with zero attached hydrogens (tertiary/aromatic N) is 1. The third-order valence-electron chi connectivity index (χ3n) is 3.70. The van der Waals surface area contributed by atoms with Crippen LogP contribution in [0.4, 0.5) is 0 Å². The summed E-state index contributed by atoms with van der Waals surface area (Å²) in [6.45, 7) is 0. The van der Waals surface area contributed by atoms with E-state index in [2.05, 4.69) is 10.3 Å². The molecule has 0 spiro atoms. The maximum atomic E-state index is 12.0. The highest BCUT2D eigenvalue weighted by molar-refractivity contribution is 7.13. The van der Waals surface area contributed by atoms with Crippen molar-refractivity contribution < 1.29 is 14.3 Å². The molecule has 2 aromatic heterocycles. The number of furan rings is 1. The lowest BCUT2D eigenvalue weighted by Crippen LogP contribution is -2.45. The molecular formula is C15H18N2O3S. The van der Waals surface area contributed by atoms with E-state index in [1.165, 1.54) is 11.3 Å². The topological polar surface area (TPSA) is 75.4 Å². The first-order valence-electron chi connectivity index (χ1n) is 7.18. The van der Waals surface area contributed by atoms with Crippen LogP contribution in [0.5, 0.6) is 0 Å². The Morgan fingerprint density at radius 1 is 1.48 bits per heavy atom. The van der Waals surface area contributed by atoms with Gasteiger partial charge in [-0.1, -0.05) is 12.8 Å². The fourth-order valence-electron chi connectivity index (χ4n) is 2.60. The number of nitrogens with one attached hydrogen (secondary N) is 1. The van der Waals surface area contributed by atoms with Crippen molar-refractivity contribution in [2.45, 2.75) is 44.2 Å². The van der Waals surface area contributed by atoms with Gasteiger partial charge in [-0.2, -0.15) is 0 Å². The monoisotopic (exact) mass is 306 g/mol. The normalized spacial score (nSPS) is 22.1. The fourth-order valence-corrected chi connectivity index (χ4v) is 3.39. The first-order chi connectivity index (χ1) is 10.2. The van der Waals surface area contributed by atoms with E-state index < -0.39 is 6.10 Å². The van der Waals surface area contributed by atoms with E-state index in [4.69, 9.17) is 4.42 Å². The lowest BCUT2D eigenvalue weighted by Gasteiger charge is -2.28. The summed E-state index contributed by atoms with van der Waals surface area (Å²) >= 11 is 1.46. The molecule has 2 N–H and O–H groups in total. The van der Waals surface area contributed by atoms with Crippen LogP contribution in [-0.2, 0) is 11.2 Å². The number of hydrogen-bond acceptors (Lipinski definition) is 5. The molecule has 1 saturated carbocycles. The molecule has 0 bridgehead atoms. The SMILES string of the molecule is O=C(Cc1csc(-c2ccco2)n1)N[C@@H]1CCCC[C@H]1O. The van der Waals surface area contributed by atoms with E-state index in [1.54, 1.807) is 6.26 Å². The summed E-state index contributed by atoms with van der Waals surface area (Å²) in [4.78, 5) is 16.4.